The van der Waals surface area contributed by atoms with Crippen LogP contribution in [0.25, 0.3) is 11.5 Å². The predicted octanol–water partition coefficient (Wildman–Crippen LogP) is 1.99. The molecule has 1 aromatic heterocycles. The Balaban J connectivity index is 2.21. The van der Waals surface area contributed by atoms with Crippen LogP contribution in [0, 0.1) is 0 Å². The Kier molecular flexibility index (Phi) is 6.30. The zero-order valence-electron chi connectivity index (χ0n) is 13.9. The van der Waals surface area contributed by atoms with Gasteiger partial charge in [-0.3, -0.25) is 4.79 Å². The number of ether oxygens (including phenoxy) is 3. The summed E-state index contributed by atoms with van der Waals surface area (Å²) in [6.07, 6.45) is 0. The molecule has 1 amide bonds. The number of nitrogens with zero attached hydrogens (tertiary/aromatic N) is 2. The Morgan fingerprint density at radius 1 is 1.17 bits per heavy atom. The molecule has 0 saturated carbocycles. The molecule has 0 saturated heterocycles. The minimum absolute atomic E-state index is 0.0879. The van der Waals surface area contributed by atoms with Crippen molar-refractivity contribution in [2.75, 3.05) is 33.6 Å². The average molecular weight is 353 g/mol. The van der Waals surface area contributed by atoms with Gasteiger partial charge in [0.25, 0.3) is 5.22 Å². The van der Waals surface area contributed by atoms with Crippen molar-refractivity contribution >= 4 is 17.7 Å². The van der Waals surface area contributed by atoms with Crippen LogP contribution in [0.5, 0.6) is 17.2 Å². The molecule has 0 radical (unpaired) electrons. The van der Waals surface area contributed by atoms with E-state index in [0.717, 1.165) is 0 Å². The Morgan fingerprint density at radius 3 is 2.38 bits per heavy atom. The van der Waals surface area contributed by atoms with Gasteiger partial charge in [-0.2, -0.15) is 0 Å². The van der Waals surface area contributed by atoms with Crippen molar-refractivity contribution in [2.24, 2.45) is 0 Å². The lowest BCUT2D eigenvalue weighted by atomic mass is 10.2. The maximum atomic E-state index is 11.5. The monoisotopic (exact) mass is 353 g/mol. The number of benzene rings is 1. The van der Waals surface area contributed by atoms with Crippen molar-refractivity contribution in [2.45, 2.75) is 12.1 Å². The van der Waals surface area contributed by atoms with Crippen molar-refractivity contribution in [1.82, 2.24) is 15.5 Å². The molecular weight excluding hydrogens is 334 g/mol. The third-order valence-corrected chi connectivity index (χ3v) is 3.84. The Bertz CT molecular complexity index is 679. The first-order chi connectivity index (χ1) is 11.6. The molecule has 1 heterocycles. The van der Waals surface area contributed by atoms with E-state index in [9.17, 15) is 4.79 Å². The maximum absolute atomic E-state index is 11.5. The van der Waals surface area contributed by atoms with Gasteiger partial charge < -0.3 is 23.9 Å². The standard InChI is InChI=1S/C15H19N3O5S/c1-5-16-12(19)8-24-15-18-17-14(23-15)9-6-10(20-2)13(22-4)11(7-9)21-3/h6-7H,5,8H2,1-4H3,(H,16,19). The molecule has 0 aliphatic heterocycles. The summed E-state index contributed by atoms with van der Waals surface area (Å²) >= 11 is 1.17. The lowest BCUT2D eigenvalue weighted by Crippen LogP contribution is -2.24. The van der Waals surface area contributed by atoms with Crippen LogP contribution in [0.4, 0.5) is 0 Å². The van der Waals surface area contributed by atoms with Crippen molar-refractivity contribution < 1.29 is 23.4 Å². The van der Waals surface area contributed by atoms with E-state index in [-0.39, 0.29) is 11.7 Å². The first-order valence-corrected chi connectivity index (χ1v) is 8.14. The summed E-state index contributed by atoms with van der Waals surface area (Å²) < 4.78 is 21.5. The van der Waals surface area contributed by atoms with Gasteiger partial charge >= 0.3 is 0 Å². The van der Waals surface area contributed by atoms with Crippen LogP contribution in [-0.2, 0) is 4.79 Å². The molecule has 24 heavy (non-hydrogen) atoms. The van der Waals surface area contributed by atoms with Gasteiger partial charge in [0.2, 0.25) is 17.5 Å². The Hall–Kier alpha value is -2.42. The van der Waals surface area contributed by atoms with Crippen LogP contribution in [0.3, 0.4) is 0 Å². The summed E-state index contributed by atoms with van der Waals surface area (Å²) in [7, 11) is 4.59. The summed E-state index contributed by atoms with van der Waals surface area (Å²) in [5, 5.41) is 10.9. The molecule has 2 aromatic rings. The van der Waals surface area contributed by atoms with E-state index in [0.29, 0.717) is 40.5 Å². The van der Waals surface area contributed by atoms with E-state index < -0.39 is 0 Å². The number of nitrogens with one attached hydrogen (secondary N) is 1. The molecule has 1 N–H and O–H groups in total. The number of carbonyl (C=O) groups excluding carboxylic acids is 1. The number of hydrogen-bond donors (Lipinski definition) is 1. The van der Waals surface area contributed by atoms with Gasteiger partial charge in [-0.05, 0) is 19.1 Å². The number of aromatic nitrogens is 2. The van der Waals surface area contributed by atoms with E-state index in [1.54, 1.807) is 12.1 Å². The lowest BCUT2D eigenvalue weighted by Gasteiger charge is -2.12. The predicted molar refractivity (Wildman–Crippen MR) is 88.8 cm³/mol. The van der Waals surface area contributed by atoms with E-state index in [2.05, 4.69) is 15.5 Å². The molecule has 8 nitrogen and oxygen atoms in total. The summed E-state index contributed by atoms with van der Waals surface area (Å²) in [5.41, 5.74) is 0.627. The van der Waals surface area contributed by atoms with Gasteiger partial charge in [0.05, 0.1) is 27.1 Å². The van der Waals surface area contributed by atoms with E-state index >= 15 is 0 Å². The molecule has 1 aromatic carbocycles. The molecule has 0 bridgehead atoms. The Morgan fingerprint density at radius 2 is 1.83 bits per heavy atom. The number of amides is 1. The lowest BCUT2D eigenvalue weighted by molar-refractivity contribution is -0.118. The topological polar surface area (TPSA) is 95.7 Å². The maximum Gasteiger partial charge on any atom is 0.277 e. The van der Waals surface area contributed by atoms with E-state index in [4.69, 9.17) is 18.6 Å². The third-order valence-electron chi connectivity index (χ3n) is 3.02. The van der Waals surface area contributed by atoms with Gasteiger partial charge in [-0.15, -0.1) is 10.2 Å². The quantitative estimate of drug-likeness (QED) is 0.720. The molecule has 2 rings (SSSR count). The molecule has 9 heteroatoms. The molecular formula is C15H19N3O5S. The minimum Gasteiger partial charge on any atom is -0.493 e. The highest BCUT2D eigenvalue weighted by Crippen LogP contribution is 2.41. The summed E-state index contributed by atoms with van der Waals surface area (Å²) in [6, 6.07) is 3.43. The van der Waals surface area contributed by atoms with Crippen LogP contribution < -0.4 is 19.5 Å². The SMILES string of the molecule is CCNC(=O)CSc1nnc(-c2cc(OC)c(OC)c(OC)c2)o1. The van der Waals surface area contributed by atoms with Crippen molar-refractivity contribution in [3.63, 3.8) is 0 Å². The third kappa shape index (κ3) is 4.10. The van der Waals surface area contributed by atoms with Gasteiger partial charge in [0.1, 0.15) is 0 Å². The second-order valence-corrected chi connectivity index (χ2v) is 5.46. The smallest absolute Gasteiger partial charge is 0.277 e. The summed E-state index contributed by atoms with van der Waals surface area (Å²) in [4.78, 5) is 11.5. The number of methoxy groups -OCH3 is 3. The minimum atomic E-state index is -0.0879. The van der Waals surface area contributed by atoms with Crippen LogP contribution in [0.2, 0.25) is 0 Å². The van der Waals surface area contributed by atoms with Crippen LogP contribution in [0.15, 0.2) is 21.8 Å². The highest BCUT2D eigenvalue weighted by Gasteiger charge is 2.18. The summed E-state index contributed by atoms with van der Waals surface area (Å²) in [6.45, 7) is 2.44. The average Bonchev–Trinajstić information content (AvgIpc) is 3.07. The van der Waals surface area contributed by atoms with Gasteiger partial charge in [-0.1, -0.05) is 11.8 Å². The van der Waals surface area contributed by atoms with Crippen LogP contribution in [0.1, 0.15) is 6.92 Å². The fourth-order valence-electron chi connectivity index (χ4n) is 1.96. The summed E-state index contributed by atoms with van der Waals surface area (Å²) in [5.74, 6) is 1.88. The molecule has 0 fully saturated rings. The molecule has 0 atom stereocenters. The van der Waals surface area contributed by atoms with Crippen LogP contribution in [-0.4, -0.2) is 49.7 Å². The van der Waals surface area contributed by atoms with Gasteiger partial charge in [0.15, 0.2) is 11.5 Å². The zero-order valence-corrected chi connectivity index (χ0v) is 14.7. The van der Waals surface area contributed by atoms with Crippen LogP contribution >= 0.6 is 11.8 Å². The van der Waals surface area contributed by atoms with E-state index in [1.165, 1.54) is 33.1 Å². The number of thioether (sulfide) groups is 1. The number of rotatable bonds is 8. The molecule has 0 aliphatic rings. The number of carbonyl (C=O) groups is 1. The molecule has 0 aliphatic carbocycles. The van der Waals surface area contributed by atoms with Gasteiger partial charge in [-0.25, -0.2) is 0 Å². The molecule has 130 valence electrons. The van der Waals surface area contributed by atoms with Gasteiger partial charge in [0, 0.05) is 12.1 Å². The highest BCUT2D eigenvalue weighted by atomic mass is 32.2. The largest absolute Gasteiger partial charge is 0.493 e. The van der Waals surface area contributed by atoms with Crippen molar-refractivity contribution in [3.05, 3.63) is 12.1 Å². The van der Waals surface area contributed by atoms with Crippen molar-refractivity contribution in [1.29, 1.82) is 0 Å². The fourth-order valence-corrected chi connectivity index (χ4v) is 2.56. The molecule has 0 unspecified atom stereocenters. The highest BCUT2D eigenvalue weighted by molar-refractivity contribution is 7.99. The van der Waals surface area contributed by atoms with E-state index in [1.807, 2.05) is 6.92 Å². The first-order valence-electron chi connectivity index (χ1n) is 7.16. The number of hydrogen-bond acceptors (Lipinski definition) is 8. The second kappa shape index (κ2) is 8.44. The normalized spacial score (nSPS) is 10.3. The second-order valence-electron chi connectivity index (χ2n) is 4.53. The zero-order chi connectivity index (χ0) is 17.5. The fraction of sp³-hybridized carbons (Fsp3) is 0.400. The Labute approximate surface area is 143 Å². The first kappa shape index (κ1) is 17.9. The van der Waals surface area contributed by atoms with Crippen molar-refractivity contribution in [3.8, 4) is 28.7 Å². The molecule has 0 spiro atoms.